The lowest BCUT2D eigenvalue weighted by Crippen LogP contribution is -2.17. The van der Waals surface area contributed by atoms with E-state index in [0.29, 0.717) is 10.8 Å². The monoisotopic (exact) mass is 215 g/mol. The molecule has 2 nitrogen and oxygen atoms in total. The zero-order chi connectivity index (χ0) is 9.26. The highest BCUT2D eigenvalue weighted by Gasteiger charge is 2.20. The van der Waals surface area contributed by atoms with Crippen LogP contribution in [0.2, 0.25) is 5.02 Å². The summed E-state index contributed by atoms with van der Waals surface area (Å²) < 4.78 is 11.7. The van der Waals surface area contributed by atoms with Gasteiger partial charge in [-0.05, 0) is 23.3 Å². The summed E-state index contributed by atoms with van der Waals surface area (Å²) in [6, 6.07) is 5.58. The lowest BCUT2D eigenvalue weighted by Gasteiger charge is -2.09. The third-order valence-electron chi connectivity index (χ3n) is 2.09. The molecule has 1 N–H and O–H groups in total. The molecule has 0 aliphatic carbocycles. The number of halogens is 1. The lowest BCUT2D eigenvalue weighted by molar-refractivity contribution is 0.594. The van der Waals surface area contributed by atoms with Gasteiger partial charge in [-0.1, -0.05) is 17.7 Å². The highest BCUT2D eigenvalue weighted by Crippen LogP contribution is 2.25. The van der Waals surface area contributed by atoms with Crippen LogP contribution in [0.25, 0.3) is 0 Å². The summed E-state index contributed by atoms with van der Waals surface area (Å²) in [6.07, 6.45) is 0. The molecule has 1 aromatic rings. The Bertz CT molecular complexity index is 318. The van der Waals surface area contributed by atoms with Gasteiger partial charge < -0.3 is 9.87 Å². The second kappa shape index (κ2) is 3.88. The first-order valence-corrected chi connectivity index (χ1v) is 5.85. The molecule has 4 heteroatoms. The fourth-order valence-electron chi connectivity index (χ4n) is 1.41. The van der Waals surface area contributed by atoms with Crippen LogP contribution in [0.1, 0.15) is 5.56 Å². The summed E-state index contributed by atoms with van der Waals surface area (Å²) in [7, 11) is 0. The Labute approximate surface area is 85.5 Å². The smallest absolute Gasteiger partial charge is 0.158 e. The number of rotatable bonds is 0. The van der Waals surface area contributed by atoms with E-state index in [2.05, 4.69) is 5.32 Å². The molecule has 0 saturated heterocycles. The fourth-order valence-corrected chi connectivity index (χ4v) is 2.95. The summed E-state index contributed by atoms with van der Waals surface area (Å²) in [5.41, 5.74) is 0.986. The number of nitrogens with one attached hydrogen (secondary N) is 1. The van der Waals surface area contributed by atoms with Gasteiger partial charge >= 0.3 is 0 Å². The van der Waals surface area contributed by atoms with Crippen molar-refractivity contribution >= 4 is 22.8 Å². The van der Waals surface area contributed by atoms with Crippen LogP contribution in [-0.2, 0) is 17.7 Å². The molecule has 1 unspecified atom stereocenters. The molecular weight excluding hydrogens is 206 g/mol. The minimum atomic E-state index is -0.890. The molecule has 1 aliphatic rings. The SMILES string of the molecule is [O-][S+]1CCNCc2c(Cl)cccc21. The van der Waals surface area contributed by atoms with E-state index in [-0.39, 0.29) is 0 Å². The van der Waals surface area contributed by atoms with Crippen LogP contribution in [0.15, 0.2) is 23.1 Å². The average molecular weight is 216 g/mol. The lowest BCUT2D eigenvalue weighted by atomic mass is 10.2. The summed E-state index contributed by atoms with van der Waals surface area (Å²) in [5, 5.41) is 3.91. The van der Waals surface area contributed by atoms with Gasteiger partial charge in [0.05, 0.1) is 5.02 Å². The molecule has 1 aromatic carbocycles. The molecule has 0 fully saturated rings. The minimum absolute atomic E-state index is 0.674. The number of benzene rings is 1. The van der Waals surface area contributed by atoms with Crippen LogP contribution in [-0.4, -0.2) is 16.9 Å². The second-order valence-electron chi connectivity index (χ2n) is 2.94. The van der Waals surface area contributed by atoms with Crippen molar-refractivity contribution in [3.05, 3.63) is 28.8 Å². The molecule has 0 amide bonds. The standard InChI is InChI=1S/C9H10ClNOS/c10-8-2-1-3-9-7(8)6-11-4-5-13(9)12/h1-3,11H,4-6H2. The van der Waals surface area contributed by atoms with Crippen molar-refractivity contribution in [3.8, 4) is 0 Å². The molecule has 1 atom stereocenters. The Balaban J connectivity index is 2.47. The van der Waals surface area contributed by atoms with E-state index < -0.39 is 11.2 Å². The van der Waals surface area contributed by atoms with Gasteiger partial charge in [-0.2, -0.15) is 0 Å². The van der Waals surface area contributed by atoms with Crippen molar-refractivity contribution in [1.29, 1.82) is 0 Å². The van der Waals surface area contributed by atoms with E-state index in [4.69, 9.17) is 11.6 Å². The van der Waals surface area contributed by atoms with E-state index in [1.807, 2.05) is 18.2 Å². The first-order valence-electron chi connectivity index (χ1n) is 4.15. The topological polar surface area (TPSA) is 35.1 Å². The van der Waals surface area contributed by atoms with E-state index >= 15 is 0 Å². The number of hydrogen-bond donors (Lipinski definition) is 1. The molecule has 1 aliphatic heterocycles. The first kappa shape index (κ1) is 9.34. The molecule has 13 heavy (non-hydrogen) atoms. The summed E-state index contributed by atoms with van der Waals surface area (Å²) >= 11 is 5.12. The van der Waals surface area contributed by atoms with Crippen LogP contribution < -0.4 is 5.32 Å². The Morgan fingerprint density at radius 1 is 1.46 bits per heavy atom. The van der Waals surface area contributed by atoms with Gasteiger partial charge in [0, 0.05) is 18.7 Å². The highest BCUT2D eigenvalue weighted by atomic mass is 35.5. The molecule has 1 heterocycles. The van der Waals surface area contributed by atoms with E-state index in [9.17, 15) is 4.55 Å². The Hall–Kier alpha value is -0.220. The van der Waals surface area contributed by atoms with Gasteiger partial charge in [-0.15, -0.1) is 0 Å². The van der Waals surface area contributed by atoms with Gasteiger partial charge in [0.15, 0.2) is 4.90 Å². The van der Waals surface area contributed by atoms with Crippen LogP contribution in [0.4, 0.5) is 0 Å². The second-order valence-corrected chi connectivity index (χ2v) is 4.89. The molecule has 0 aromatic heterocycles. The van der Waals surface area contributed by atoms with Crippen molar-refractivity contribution in [2.75, 3.05) is 12.3 Å². The van der Waals surface area contributed by atoms with Crippen molar-refractivity contribution < 1.29 is 4.55 Å². The summed E-state index contributed by atoms with van der Waals surface area (Å²) in [4.78, 5) is 0.887. The van der Waals surface area contributed by atoms with Gasteiger partial charge in [-0.3, -0.25) is 0 Å². The molecule has 0 saturated carbocycles. The molecular formula is C9H10ClNOS. The third-order valence-corrected chi connectivity index (χ3v) is 3.89. The Kier molecular flexibility index (Phi) is 2.79. The largest absolute Gasteiger partial charge is 0.611 e. The fraction of sp³-hybridized carbons (Fsp3) is 0.333. The molecule has 0 spiro atoms. The van der Waals surface area contributed by atoms with E-state index in [1.54, 1.807) is 0 Å². The Morgan fingerprint density at radius 3 is 3.15 bits per heavy atom. The normalized spacial score (nSPS) is 22.2. The van der Waals surface area contributed by atoms with Crippen molar-refractivity contribution in [3.63, 3.8) is 0 Å². The predicted octanol–water partition coefficient (Wildman–Crippen LogP) is 1.55. The maximum atomic E-state index is 11.7. The van der Waals surface area contributed by atoms with Crippen molar-refractivity contribution in [1.82, 2.24) is 5.32 Å². The third kappa shape index (κ3) is 1.83. The minimum Gasteiger partial charge on any atom is -0.611 e. The van der Waals surface area contributed by atoms with E-state index in [1.165, 1.54) is 0 Å². The maximum Gasteiger partial charge on any atom is 0.158 e. The summed E-state index contributed by atoms with van der Waals surface area (Å²) in [5.74, 6) is 0.674. The van der Waals surface area contributed by atoms with Crippen LogP contribution in [0.3, 0.4) is 0 Å². The van der Waals surface area contributed by atoms with Crippen LogP contribution in [0.5, 0.6) is 0 Å². The molecule has 2 rings (SSSR count). The number of fused-ring (bicyclic) bond motifs is 1. The molecule has 0 radical (unpaired) electrons. The average Bonchev–Trinajstić information content (AvgIpc) is 2.30. The van der Waals surface area contributed by atoms with Gasteiger partial charge in [0.25, 0.3) is 0 Å². The van der Waals surface area contributed by atoms with Crippen molar-refractivity contribution in [2.24, 2.45) is 0 Å². The van der Waals surface area contributed by atoms with Crippen LogP contribution >= 0.6 is 11.6 Å². The van der Waals surface area contributed by atoms with Gasteiger partial charge in [-0.25, -0.2) is 0 Å². The zero-order valence-electron chi connectivity index (χ0n) is 7.05. The zero-order valence-corrected chi connectivity index (χ0v) is 8.62. The first-order chi connectivity index (χ1) is 6.29. The predicted molar refractivity (Wildman–Crippen MR) is 54.4 cm³/mol. The number of hydrogen-bond acceptors (Lipinski definition) is 2. The molecule has 70 valence electrons. The Morgan fingerprint density at radius 2 is 2.31 bits per heavy atom. The quantitative estimate of drug-likeness (QED) is 0.667. The molecule has 0 bridgehead atoms. The van der Waals surface area contributed by atoms with Crippen molar-refractivity contribution in [2.45, 2.75) is 11.4 Å². The van der Waals surface area contributed by atoms with E-state index in [0.717, 1.165) is 23.5 Å². The summed E-state index contributed by atoms with van der Waals surface area (Å²) in [6.45, 7) is 1.51. The highest BCUT2D eigenvalue weighted by molar-refractivity contribution is 7.91. The van der Waals surface area contributed by atoms with Crippen LogP contribution in [0, 0.1) is 0 Å². The maximum absolute atomic E-state index is 11.7. The van der Waals surface area contributed by atoms with Gasteiger partial charge in [0.2, 0.25) is 0 Å². The van der Waals surface area contributed by atoms with Gasteiger partial charge in [0.1, 0.15) is 5.75 Å².